The highest BCUT2D eigenvalue weighted by Gasteiger charge is 2.48. The summed E-state index contributed by atoms with van der Waals surface area (Å²) in [5.41, 5.74) is 13.9. The molecule has 26 nitrogen and oxygen atoms in total. The fourth-order valence-electron chi connectivity index (χ4n) is 19.1. The molecule has 8 aromatic carbocycles. The molecule has 5 aliphatic heterocycles. The number of rotatable bonds is 20. The zero-order chi connectivity index (χ0) is 90.9. The number of H-pyrrole nitrogens is 2. The summed E-state index contributed by atoms with van der Waals surface area (Å²) in [6.07, 6.45) is 10.9. The maximum absolute atomic E-state index is 16.6. The van der Waals surface area contributed by atoms with Crippen LogP contribution in [0.4, 0.5) is 48.1 Å². The summed E-state index contributed by atoms with van der Waals surface area (Å²) in [6, 6.07) is 45.7. The minimum Gasteiger partial charge on any atom is -0.479 e. The van der Waals surface area contributed by atoms with Gasteiger partial charge in [-0.15, -0.1) is 0 Å². The van der Waals surface area contributed by atoms with E-state index in [9.17, 15) is 38.4 Å². The van der Waals surface area contributed by atoms with Gasteiger partial charge in [-0.3, -0.25) is 24.4 Å². The van der Waals surface area contributed by atoms with Crippen molar-refractivity contribution in [1.82, 2.24) is 55.9 Å². The van der Waals surface area contributed by atoms with Crippen LogP contribution in [0.1, 0.15) is 172 Å². The van der Waals surface area contributed by atoms with E-state index < -0.39 is 72.4 Å². The second-order valence-electron chi connectivity index (χ2n) is 34.4. The number of nitrogens with one attached hydrogen (secondary N) is 6. The van der Waals surface area contributed by atoms with Crippen molar-refractivity contribution in [2.75, 3.05) is 48.1 Å². The Morgan fingerprint density at radius 1 is 0.411 bits per heavy atom. The molecule has 18 rings (SSSR count). The van der Waals surface area contributed by atoms with Crippen molar-refractivity contribution < 1.29 is 80.0 Å². The Kier molecular flexibility index (Phi) is 25.6. The largest absolute Gasteiger partial charge is 0.479 e. The number of imidazole rings is 2. The first-order valence-corrected chi connectivity index (χ1v) is 43.6. The number of carboxylic acids is 1. The number of fused-ring (bicyclic) bond motifs is 8. The van der Waals surface area contributed by atoms with E-state index >= 15 is 17.6 Å². The highest BCUT2D eigenvalue weighted by molar-refractivity contribution is 6.03. The van der Waals surface area contributed by atoms with Gasteiger partial charge in [0.05, 0.1) is 81.7 Å². The molecule has 3 saturated heterocycles. The van der Waals surface area contributed by atoms with Gasteiger partial charge in [-0.2, -0.15) is 17.6 Å². The number of methoxy groups -OCH3 is 4. The molecule has 7 N–H and O–H groups in total. The van der Waals surface area contributed by atoms with E-state index in [2.05, 4.69) is 45.9 Å². The number of carbonyl (C=O) groups excluding carboxylic acids is 7. The molecular weight excluding hydrogens is 1660 g/mol. The van der Waals surface area contributed by atoms with E-state index in [4.69, 9.17) is 29.3 Å². The number of benzene rings is 8. The molecule has 0 spiro atoms. The molecule has 0 radical (unpaired) electrons. The van der Waals surface area contributed by atoms with Crippen LogP contribution in [-0.4, -0.2) is 171 Å². The molecule has 8 aliphatic rings. The number of hydrogen-bond acceptors (Lipinski definition) is 16. The molecule has 2 aromatic heterocycles. The van der Waals surface area contributed by atoms with Crippen molar-refractivity contribution in [3.8, 4) is 67.0 Å². The van der Waals surface area contributed by atoms with Crippen molar-refractivity contribution in [3.63, 3.8) is 0 Å². The second kappa shape index (κ2) is 37.3. The van der Waals surface area contributed by atoms with Gasteiger partial charge in [-0.05, 0) is 178 Å². The van der Waals surface area contributed by atoms with E-state index in [1.807, 2.05) is 104 Å². The van der Waals surface area contributed by atoms with Crippen LogP contribution >= 0.6 is 0 Å². The van der Waals surface area contributed by atoms with Crippen molar-refractivity contribution in [2.45, 2.75) is 165 Å². The predicted octanol–water partition coefficient (Wildman–Crippen LogP) is 18.3. The maximum atomic E-state index is 16.6. The number of carboxylic acid groups (broad SMARTS) is 1. The van der Waals surface area contributed by atoms with Gasteiger partial charge >= 0.3 is 30.3 Å². The molecule has 1 saturated carbocycles. The summed E-state index contributed by atoms with van der Waals surface area (Å²) in [4.78, 5) is 131. The smallest absolute Gasteiger partial charge is 0.407 e. The monoisotopic (exact) mass is 1760 g/mol. The minimum atomic E-state index is -3.28. The zero-order valence-electron chi connectivity index (χ0n) is 72.7. The fraction of sp³-hybridized carbons (Fsp3) is 0.354. The fourth-order valence-corrected chi connectivity index (χ4v) is 19.1. The quantitative estimate of drug-likeness (QED) is 0.0275. The number of likely N-dealkylation sites (tertiary alicyclic amines) is 3. The van der Waals surface area contributed by atoms with Gasteiger partial charge < -0.3 is 70.0 Å². The minimum absolute atomic E-state index is 0.0104. The molecule has 0 bridgehead atoms. The number of aliphatic imine (C=N–C) groups is 2. The third kappa shape index (κ3) is 17.9. The van der Waals surface area contributed by atoms with Crippen LogP contribution in [-0.2, 0) is 62.8 Å². The third-order valence-electron chi connectivity index (χ3n) is 25.8. The van der Waals surface area contributed by atoms with Gasteiger partial charge in [-0.25, -0.2) is 33.9 Å². The van der Waals surface area contributed by atoms with Crippen LogP contribution in [0.15, 0.2) is 192 Å². The Morgan fingerprint density at radius 2 is 0.760 bits per heavy atom. The summed E-state index contributed by atoms with van der Waals surface area (Å²) < 4.78 is 84.3. The number of aromatic amines is 2. The van der Waals surface area contributed by atoms with Gasteiger partial charge in [0.25, 0.3) is 17.8 Å². The number of aromatic nitrogens is 4. The number of alkyl halides is 4. The summed E-state index contributed by atoms with van der Waals surface area (Å²) in [5, 5.41) is 19.2. The van der Waals surface area contributed by atoms with Crippen molar-refractivity contribution >= 4 is 70.9 Å². The summed E-state index contributed by atoms with van der Waals surface area (Å²) in [5.74, 6) is -6.55. The molecule has 7 amide bonds. The molecule has 3 aliphatic carbocycles. The Bertz CT molecular complexity index is 6050. The van der Waals surface area contributed by atoms with Gasteiger partial charge in [0.15, 0.2) is 6.04 Å². The van der Waals surface area contributed by atoms with Crippen LogP contribution in [0.2, 0.25) is 0 Å². The number of alkyl carbamates (subject to hydrolysis) is 4. The lowest BCUT2D eigenvalue weighted by molar-refractivity contribution is -0.139. The molecule has 7 heterocycles. The Hall–Kier alpha value is -13.8. The molecule has 4 fully saturated rings. The summed E-state index contributed by atoms with van der Waals surface area (Å²) in [6.45, 7) is 9.15. The third-order valence-corrected chi connectivity index (χ3v) is 25.8. The van der Waals surface area contributed by atoms with Crippen LogP contribution in [0.5, 0.6) is 0 Å². The molecule has 0 unspecified atom stereocenters. The Morgan fingerprint density at radius 3 is 1.17 bits per heavy atom. The first-order chi connectivity index (χ1) is 62.1. The number of carbonyl (C=O) groups is 8. The molecule has 129 heavy (non-hydrogen) atoms. The van der Waals surface area contributed by atoms with Crippen molar-refractivity contribution in [3.05, 3.63) is 238 Å². The SMILES string of the molecule is COC(=O)N[C@@H](C(=O)O)c1ccccc1.COC(=O)N[C@H](C(=O)N1CCC[C@H]1C1=Nc2ccc(-c3ccc4c(c3)C(F)(F)c3cc(-c5cnc(C6CCCC6)[nH]5)ccc3-4)cc2C1)C(C)C.COC(=O)N[C@H](C(=O)N1CCC[C@H]1C1=Nc2ccc(-c3ccc4c(c3)C(F)(F)c3cc(-c5cnc([C@@H]6CCCN6C(=O)[C@H](NC(=O)OC)c6ccccc6)[nH]5)ccc3-4)cc2C1)C(C)C. The first-order valence-electron chi connectivity index (χ1n) is 43.6. The van der Waals surface area contributed by atoms with E-state index in [1.54, 1.807) is 114 Å². The van der Waals surface area contributed by atoms with E-state index in [0.29, 0.717) is 112 Å². The number of ether oxygens (including phenoxy) is 4. The summed E-state index contributed by atoms with van der Waals surface area (Å²) >= 11 is 0. The molecule has 30 heteroatoms. The maximum Gasteiger partial charge on any atom is 0.407 e. The number of amides is 7. The molecule has 10 aromatic rings. The normalized spacial score (nSPS) is 18.4. The average Bonchev–Trinajstić information content (AvgIpc) is 1.57. The van der Waals surface area contributed by atoms with Gasteiger partial charge in [0.1, 0.15) is 29.8 Å². The predicted molar refractivity (Wildman–Crippen MR) is 477 cm³/mol. The number of nitrogens with zero attached hydrogens (tertiary/aromatic N) is 7. The lowest BCUT2D eigenvalue weighted by Gasteiger charge is -2.30. The van der Waals surface area contributed by atoms with E-state index in [0.717, 1.165) is 102 Å². The zero-order valence-corrected chi connectivity index (χ0v) is 72.7. The van der Waals surface area contributed by atoms with Crippen LogP contribution < -0.4 is 21.3 Å². The molecule has 7 atom stereocenters. The average molecular weight is 1760 g/mol. The van der Waals surface area contributed by atoms with Crippen molar-refractivity contribution in [1.29, 1.82) is 0 Å². The lowest BCUT2D eigenvalue weighted by atomic mass is 9.95. The lowest BCUT2D eigenvalue weighted by Crippen LogP contribution is -2.53. The molecular formula is C99H101F4N13O13. The standard InChI is InChI=1S/C49H49F2N7O6.C40H41F2N5O3.C10H11NO4/c1-27(2)42(55-47(61)63-3)45(59)57-20-8-12-40(57)38-25-32-22-29(16-19-37(32)53-38)30-14-17-33-34-18-15-31(24-36(34)49(50,51)35(33)23-30)39-26-52-44(54-39)41-13-9-21-58(41)46(60)43(56-48(62)64-4)28-10-6-5-7-11-28;1-22(2)36(46-39(49)50-3)38(48)47-16-6-9-35(47)33-20-27-17-24(12-15-32(27)44-33)25-10-13-28-29-14-11-26(19-31(29)40(41,42)30(28)18-25)34-21-43-37(45-34)23-7-4-5-8-23;1-15-10(14)11-8(9(12)13)7-5-3-2-4-6-7/h5-7,10-11,14-19,22-24,26-27,40-43H,8-9,12-13,20-21,25H2,1-4H3,(H,52,54)(H,55,61)(H,56,62);10-15,17-19,21-23,35-36H,4-9,16,20H2,1-3H3,(H,43,45)(H,46,49);2-6,8H,1H3,(H,11,14)(H,12,13)/t40-,41-,42-,43+;35-,36-;8-/m001/s1. The van der Waals surface area contributed by atoms with Gasteiger partial charge in [0.2, 0.25) is 11.8 Å². The Balaban J connectivity index is 0.000000166. The van der Waals surface area contributed by atoms with E-state index in [-0.39, 0.29) is 63.9 Å². The highest BCUT2D eigenvalue weighted by atomic mass is 19.3. The topological polar surface area (TPSA) is 334 Å². The van der Waals surface area contributed by atoms with E-state index in [1.165, 1.54) is 47.3 Å². The highest BCUT2D eigenvalue weighted by Crippen LogP contribution is 2.55. The first kappa shape index (κ1) is 88.6. The number of aliphatic carboxylic acids is 1. The van der Waals surface area contributed by atoms with Crippen LogP contribution in [0, 0.1) is 11.8 Å². The Labute approximate surface area is 743 Å². The number of hydrogen-bond donors (Lipinski definition) is 7. The number of halogens is 4. The summed E-state index contributed by atoms with van der Waals surface area (Å²) in [7, 11) is 4.98. The van der Waals surface area contributed by atoms with Crippen molar-refractivity contribution in [2.24, 2.45) is 21.8 Å². The van der Waals surface area contributed by atoms with Crippen LogP contribution in [0.25, 0.3) is 67.0 Å². The molecule has 668 valence electrons. The second-order valence-corrected chi connectivity index (χ2v) is 34.4. The van der Waals surface area contributed by atoms with Gasteiger partial charge in [0, 0.05) is 83.2 Å². The van der Waals surface area contributed by atoms with Gasteiger partial charge in [-0.1, -0.05) is 162 Å². The van der Waals surface area contributed by atoms with Crippen LogP contribution in [0.3, 0.4) is 0 Å².